The average Bonchev–Trinajstić information content (AvgIpc) is 2.78. The molecule has 1 rings (SSSR count). The maximum Gasteiger partial charge on any atom is 0.160 e. The van der Waals surface area contributed by atoms with Crippen LogP contribution in [0, 0.1) is 5.92 Å². The molecular weight excluding hydrogens is 244 g/mol. The number of ether oxygens (including phenoxy) is 1. The standard InChI is InChI=1S/C15H24O4/c1-6-15(5)10-8-13(18-15)11(2)12(16)7-9-14(3,4)19-17/h6-7,9,11,13,17H,1,8,10H2,2-5H3/b9-7+/t11-,13?,15+/m1/s1. The maximum atomic E-state index is 12.1. The third kappa shape index (κ3) is 4.27. The van der Waals surface area contributed by atoms with Gasteiger partial charge in [-0.05, 0) is 45.8 Å². The van der Waals surface area contributed by atoms with Crippen LogP contribution in [0.5, 0.6) is 0 Å². The number of hydrogen-bond donors (Lipinski definition) is 1. The fraction of sp³-hybridized carbons (Fsp3) is 0.667. The normalized spacial score (nSPS) is 29.6. The van der Waals surface area contributed by atoms with E-state index in [1.165, 1.54) is 6.08 Å². The number of carbonyl (C=O) groups is 1. The van der Waals surface area contributed by atoms with Gasteiger partial charge >= 0.3 is 0 Å². The molecule has 3 atom stereocenters. The van der Waals surface area contributed by atoms with Crippen LogP contribution >= 0.6 is 0 Å². The van der Waals surface area contributed by atoms with E-state index in [0.717, 1.165) is 12.8 Å². The van der Waals surface area contributed by atoms with E-state index < -0.39 is 5.60 Å². The van der Waals surface area contributed by atoms with Crippen molar-refractivity contribution >= 4 is 5.78 Å². The molecule has 108 valence electrons. The Morgan fingerprint density at radius 2 is 2.26 bits per heavy atom. The zero-order valence-electron chi connectivity index (χ0n) is 12.2. The second-order valence-electron chi connectivity index (χ2n) is 5.93. The zero-order chi connectivity index (χ0) is 14.7. The molecule has 0 bridgehead atoms. The quantitative estimate of drug-likeness (QED) is 0.348. The highest BCUT2D eigenvalue weighted by Crippen LogP contribution is 2.34. The summed E-state index contributed by atoms with van der Waals surface area (Å²) in [6, 6.07) is 0. The molecule has 19 heavy (non-hydrogen) atoms. The topological polar surface area (TPSA) is 55.8 Å². The first-order chi connectivity index (χ1) is 8.73. The lowest BCUT2D eigenvalue weighted by Gasteiger charge is -2.23. The molecule has 0 radical (unpaired) electrons. The van der Waals surface area contributed by atoms with Crippen molar-refractivity contribution in [3.05, 3.63) is 24.8 Å². The van der Waals surface area contributed by atoms with Gasteiger partial charge in [0.25, 0.3) is 0 Å². The van der Waals surface area contributed by atoms with Crippen LogP contribution in [-0.4, -0.2) is 28.3 Å². The van der Waals surface area contributed by atoms with Crippen LogP contribution in [0.15, 0.2) is 24.8 Å². The summed E-state index contributed by atoms with van der Waals surface area (Å²) in [7, 11) is 0. The molecule has 0 saturated carbocycles. The number of allylic oxidation sites excluding steroid dienone is 1. The van der Waals surface area contributed by atoms with Gasteiger partial charge in [0.2, 0.25) is 0 Å². The Hall–Kier alpha value is -0.970. The van der Waals surface area contributed by atoms with Crippen LogP contribution in [0.2, 0.25) is 0 Å². The summed E-state index contributed by atoms with van der Waals surface area (Å²) >= 11 is 0. The molecule has 0 aromatic carbocycles. The van der Waals surface area contributed by atoms with Crippen LogP contribution in [0.1, 0.15) is 40.5 Å². The summed E-state index contributed by atoms with van der Waals surface area (Å²) in [5.41, 5.74) is -1.18. The lowest BCUT2D eigenvalue weighted by atomic mass is 9.94. The van der Waals surface area contributed by atoms with Gasteiger partial charge in [-0.3, -0.25) is 10.1 Å². The fourth-order valence-electron chi connectivity index (χ4n) is 2.04. The molecule has 0 aromatic heterocycles. The summed E-state index contributed by atoms with van der Waals surface area (Å²) in [4.78, 5) is 16.3. The first kappa shape index (κ1) is 16.1. The van der Waals surface area contributed by atoms with Crippen LogP contribution in [-0.2, 0) is 14.4 Å². The molecule has 1 aliphatic heterocycles. The van der Waals surface area contributed by atoms with Crippen molar-refractivity contribution in [3.63, 3.8) is 0 Å². The van der Waals surface area contributed by atoms with Gasteiger partial charge in [0, 0.05) is 5.92 Å². The molecule has 0 spiro atoms. The molecular formula is C15H24O4. The van der Waals surface area contributed by atoms with Crippen LogP contribution in [0.4, 0.5) is 0 Å². The maximum absolute atomic E-state index is 12.1. The minimum absolute atomic E-state index is 0.0246. The smallest absolute Gasteiger partial charge is 0.160 e. The lowest BCUT2D eigenvalue weighted by Crippen LogP contribution is -2.29. The Morgan fingerprint density at radius 3 is 2.74 bits per heavy atom. The summed E-state index contributed by atoms with van der Waals surface area (Å²) < 4.78 is 5.89. The van der Waals surface area contributed by atoms with E-state index in [2.05, 4.69) is 11.5 Å². The molecule has 1 heterocycles. The monoisotopic (exact) mass is 268 g/mol. The highest BCUT2D eigenvalue weighted by Gasteiger charge is 2.37. The van der Waals surface area contributed by atoms with E-state index in [0.29, 0.717) is 0 Å². The Balaban J connectivity index is 2.62. The van der Waals surface area contributed by atoms with Crippen molar-refractivity contribution < 1.29 is 19.7 Å². The zero-order valence-corrected chi connectivity index (χ0v) is 12.2. The lowest BCUT2D eigenvalue weighted by molar-refractivity contribution is -0.297. The summed E-state index contributed by atoms with van der Waals surface area (Å²) in [6.07, 6.45) is 6.44. The molecule has 0 amide bonds. The van der Waals surface area contributed by atoms with Crippen molar-refractivity contribution in [1.82, 2.24) is 0 Å². The van der Waals surface area contributed by atoms with Crippen molar-refractivity contribution in [3.8, 4) is 0 Å². The van der Waals surface area contributed by atoms with Gasteiger partial charge in [-0.15, -0.1) is 6.58 Å². The second kappa shape index (κ2) is 5.99. The Labute approximate surface area is 115 Å². The van der Waals surface area contributed by atoms with Crippen LogP contribution in [0.25, 0.3) is 0 Å². The fourth-order valence-corrected chi connectivity index (χ4v) is 2.04. The van der Waals surface area contributed by atoms with Gasteiger partial charge in [0.15, 0.2) is 5.78 Å². The molecule has 1 unspecified atom stereocenters. The predicted octanol–water partition coefficient (Wildman–Crippen LogP) is 3.14. The molecule has 1 fully saturated rings. The van der Waals surface area contributed by atoms with Crippen molar-refractivity contribution in [2.24, 2.45) is 5.92 Å². The Bertz CT molecular complexity index is 372. The molecule has 0 aliphatic carbocycles. The van der Waals surface area contributed by atoms with Crippen LogP contribution < -0.4 is 0 Å². The highest BCUT2D eigenvalue weighted by molar-refractivity contribution is 5.92. The SMILES string of the molecule is C=C[C@@]1(C)CCC([C@H](C)C(=O)/C=C/C(C)(C)OO)O1. The predicted molar refractivity (Wildman–Crippen MR) is 73.8 cm³/mol. The molecule has 1 aliphatic rings. The Kier molecular flexibility index (Phi) is 5.07. The van der Waals surface area contributed by atoms with Gasteiger partial charge in [-0.2, -0.15) is 0 Å². The van der Waals surface area contributed by atoms with E-state index >= 15 is 0 Å². The number of hydrogen-bond acceptors (Lipinski definition) is 4. The molecule has 1 saturated heterocycles. The Morgan fingerprint density at radius 1 is 1.63 bits per heavy atom. The van der Waals surface area contributed by atoms with Gasteiger partial charge in [0.1, 0.15) is 5.60 Å². The van der Waals surface area contributed by atoms with Crippen molar-refractivity contribution in [2.45, 2.75) is 57.8 Å². The highest BCUT2D eigenvalue weighted by atomic mass is 17.1. The summed E-state index contributed by atoms with van der Waals surface area (Å²) in [6.45, 7) is 10.9. The number of rotatable bonds is 6. The van der Waals surface area contributed by atoms with E-state index in [9.17, 15) is 4.79 Å². The van der Waals surface area contributed by atoms with E-state index in [1.807, 2.05) is 13.8 Å². The van der Waals surface area contributed by atoms with Gasteiger partial charge in [-0.1, -0.05) is 13.0 Å². The third-order valence-corrected chi connectivity index (χ3v) is 3.67. The van der Waals surface area contributed by atoms with E-state index in [1.54, 1.807) is 26.0 Å². The molecule has 4 heteroatoms. The summed E-state index contributed by atoms with van der Waals surface area (Å²) in [5, 5.41) is 8.66. The number of ketones is 1. The van der Waals surface area contributed by atoms with Crippen LogP contribution in [0.3, 0.4) is 0 Å². The first-order valence-electron chi connectivity index (χ1n) is 6.60. The largest absolute Gasteiger partial charge is 0.367 e. The minimum Gasteiger partial charge on any atom is -0.367 e. The van der Waals surface area contributed by atoms with Crippen molar-refractivity contribution in [1.29, 1.82) is 0 Å². The molecule has 4 nitrogen and oxygen atoms in total. The van der Waals surface area contributed by atoms with E-state index in [4.69, 9.17) is 9.99 Å². The third-order valence-electron chi connectivity index (χ3n) is 3.67. The summed E-state index contributed by atoms with van der Waals surface area (Å²) in [5.74, 6) is -0.240. The van der Waals surface area contributed by atoms with E-state index in [-0.39, 0.29) is 23.4 Å². The van der Waals surface area contributed by atoms with Gasteiger partial charge in [-0.25, -0.2) is 4.89 Å². The molecule has 0 aromatic rings. The minimum atomic E-state index is -0.860. The molecule has 1 N–H and O–H groups in total. The number of carbonyl (C=O) groups excluding carboxylic acids is 1. The van der Waals surface area contributed by atoms with Gasteiger partial charge in [0.05, 0.1) is 11.7 Å². The average molecular weight is 268 g/mol. The second-order valence-corrected chi connectivity index (χ2v) is 5.93. The first-order valence-corrected chi connectivity index (χ1v) is 6.60. The van der Waals surface area contributed by atoms with Crippen molar-refractivity contribution in [2.75, 3.05) is 0 Å². The van der Waals surface area contributed by atoms with Gasteiger partial charge < -0.3 is 4.74 Å².